The van der Waals surface area contributed by atoms with Crippen molar-refractivity contribution in [1.29, 1.82) is 0 Å². The van der Waals surface area contributed by atoms with Gasteiger partial charge in [-0.15, -0.1) is 0 Å². The first-order valence-electron chi connectivity index (χ1n) is 7.71. The first kappa shape index (κ1) is 13.1. The van der Waals surface area contributed by atoms with Gasteiger partial charge in [-0.25, -0.2) is 0 Å². The summed E-state index contributed by atoms with van der Waals surface area (Å²) in [6.45, 7) is 4.26. The van der Waals surface area contributed by atoms with E-state index in [0.717, 1.165) is 31.1 Å². The molecule has 2 fully saturated rings. The van der Waals surface area contributed by atoms with Crippen LogP contribution in [0.25, 0.3) is 0 Å². The molecular formula is C17H25NO. The lowest BCUT2D eigenvalue weighted by Gasteiger charge is -2.40. The van der Waals surface area contributed by atoms with E-state index in [1.54, 1.807) is 0 Å². The number of rotatable bonds is 4. The Morgan fingerprint density at radius 1 is 1.11 bits per heavy atom. The van der Waals surface area contributed by atoms with E-state index in [1.165, 1.54) is 31.2 Å². The Kier molecular flexibility index (Phi) is 4.19. The van der Waals surface area contributed by atoms with Crippen molar-refractivity contribution in [2.24, 2.45) is 5.92 Å². The maximum absolute atomic E-state index is 5.44. The average molecular weight is 259 g/mol. The SMILES string of the molecule is CC(NC1CC(c2ccccc2)C1)C1CCOCC1. The number of benzene rings is 1. The normalized spacial score (nSPS) is 29.7. The third-order valence-corrected chi connectivity index (χ3v) is 4.88. The number of nitrogens with one attached hydrogen (secondary N) is 1. The summed E-state index contributed by atoms with van der Waals surface area (Å²) < 4.78 is 5.44. The van der Waals surface area contributed by atoms with Gasteiger partial charge in [0, 0.05) is 25.3 Å². The average Bonchev–Trinajstić information content (AvgIpc) is 2.44. The summed E-state index contributed by atoms with van der Waals surface area (Å²) in [7, 11) is 0. The highest BCUT2D eigenvalue weighted by molar-refractivity contribution is 5.22. The Bertz CT molecular complexity index is 380. The van der Waals surface area contributed by atoms with Crippen LogP contribution in [0.1, 0.15) is 44.1 Å². The van der Waals surface area contributed by atoms with Crippen molar-refractivity contribution in [1.82, 2.24) is 5.32 Å². The van der Waals surface area contributed by atoms with Crippen LogP contribution in [0.3, 0.4) is 0 Å². The molecule has 1 saturated carbocycles. The van der Waals surface area contributed by atoms with Gasteiger partial charge >= 0.3 is 0 Å². The quantitative estimate of drug-likeness (QED) is 0.895. The molecule has 0 radical (unpaired) electrons. The molecule has 2 heteroatoms. The lowest BCUT2D eigenvalue weighted by Crippen LogP contribution is -2.48. The maximum Gasteiger partial charge on any atom is 0.0469 e. The van der Waals surface area contributed by atoms with Crippen LogP contribution in [0.15, 0.2) is 30.3 Å². The molecular weight excluding hydrogens is 234 g/mol. The Balaban J connectivity index is 1.43. The molecule has 1 saturated heterocycles. The fraction of sp³-hybridized carbons (Fsp3) is 0.647. The molecule has 1 unspecified atom stereocenters. The van der Waals surface area contributed by atoms with E-state index >= 15 is 0 Å². The molecule has 1 aromatic carbocycles. The minimum atomic E-state index is 0.644. The summed E-state index contributed by atoms with van der Waals surface area (Å²) in [5.74, 6) is 1.59. The zero-order valence-corrected chi connectivity index (χ0v) is 11.8. The molecule has 1 heterocycles. The second-order valence-electron chi connectivity index (χ2n) is 6.18. The van der Waals surface area contributed by atoms with Crippen molar-refractivity contribution < 1.29 is 4.74 Å². The van der Waals surface area contributed by atoms with Gasteiger partial charge in [-0.3, -0.25) is 0 Å². The smallest absolute Gasteiger partial charge is 0.0469 e. The third kappa shape index (κ3) is 3.18. The van der Waals surface area contributed by atoms with Gasteiger partial charge in [0.1, 0.15) is 0 Å². The highest BCUT2D eigenvalue weighted by Crippen LogP contribution is 2.37. The molecule has 2 nitrogen and oxygen atoms in total. The molecule has 0 spiro atoms. The summed E-state index contributed by atoms with van der Waals surface area (Å²) >= 11 is 0. The van der Waals surface area contributed by atoms with Crippen molar-refractivity contribution in [2.45, 2.75) is 50.6 Å². The Hall–Kier alpha value is -0.860. The van der Waals surface area contributed by atoms with Crippen LogP contribution in [0.2, 0.25) is 0 Å². The largest absolute Gasteiger partial charge is 0.381 e. The molecule has 3 rings (SSSR count). The predicted octanol–water partition coefficient (Wildman–Crippen LogP) is 3.34. The van der Waals surface area contributed by atoms with E-state index in [0.29, 0.717) is 6.04 Å². The van der Waals surface area contributed by atoms with Gasteiger partial charge in [-0.2, -0.15) is 0 Å². The van der Waals surface area contributed by atoms with Crippen LogP contribution >= 0.6 is 0 Å². The van der Waals surface area contributed by atoms with Gasteiger partial charge < -0.3 is 10.1 Å². The molecule has 1 atom stereocenters. The van der Waals surface area contributed by atoms with Gasteiger partial charge in [0.05, 0.1) is 0 Å². The first-order valence-corrected chi connectivity index (χ1v) is 7.71. The molecule has 0 bridgehead atoms. The molecule has 0 aromatic heterocycles. The van der Waals surface area contributed by atoms with E-state index in [2.05, 4.69) is 42.6 Å². The monoisotopic (exact) mass is 259 g/mol. The second-order valence-corrected chi connectivity index (χ2v) is 6.18. The minimum absolute atomic E-state index is 0.644. The Morgan fingerprint density at radius 2 is 1.79 bits per heavy atom. The zero-order chi connectivity index (χ0) is 13.1. The van der Waals surface area contributed by atoms with Gasteiger partial charge in [0.15, 0.2) is 0 Å². The first-order chi connectivity index (χ1) is 9.33. The van der Waals surface area contributed by atoms with Crippen molar-refractivity contribution >= 4 is 0 Å². The molecule has 104 valence electrons. The summed E-state index contributed by atoms with van der Waals surface area (Å²) in [6.07, 6.45) is 5.06. The van der Waals surface area contributed by atoms with Crippen molar-refractivity contribution in [2.75, 3.05) is 13.2 Å². The second kappa shape index (κ2) is 6.06. The molecule has 2 aliphatic rings. The highest BCUT2D eigenvalue weighted by Gasteiger charge is 2.32. The minimum Gasteiger partial charge on any atom is -0.381 e. The van der Waals surface area contributed by atoms with Crippen LogP contribution in [0.4, 0.5) is 0 Å². The van der Waals surface area contributed by atoms with Gasteiger partial charge in [-0.05, 0) is 50.0 Å². The van der Waals surface area contributed by atoms with Crippen molar-refractivity contribution in [3.05, 3.63) is 35.9 Å². The predicted molar refractivity (Wildman–Crippen MR) is 78.3 cm³/mol. The topological polar surface area (TPSA) is 21.3 Å². The van der Waals surface area contributed by atoms with Gasteiger partial charge in [-0.1, -0.05) is 30.3 Å². The van der Waals surface area contributed by atoms with Crippen molar-refractivity contribution in [3.63, 3.8) is 0 Å². The molecule has 0 amide bonds. The fourth-order valence-corrected chi connectivity index (χ4v) is 3.47. The maximum atomic E-state index is 5.44. The fourth-order valence-electron chi connectivity index (χ4n) is 3.47. The Labute approximate surface area is 116 Å². The highest BCUT2D eigenvalue weighted by atomic mass is 16.5. The molecule has 1 aromatic rings. The third-order valence-electron chi connectivity index (χ3n) is 4.88. The lowest BCUT2D eigenvalue weighted by atomic mass is 9.75. The molecule has 1 aliphatic carbocycles. The standard InChI is InChI=1S/C17H25NO/c1-13(14-7-9-19-10-8-14)18-17-11-16(12-17)15-5-3-2-4-6-15/h2-6,13-14,16-18H,7-12H2,1H3. The van der Waals surface area contributed by atoms with Gasteiger partial charge in [0.25, 0.3) is 0 Å². The van der Waals surface area contributed by atoms with Crippen LogP contribution in [0.5, 0.6) is 0 Å². The van der Waals surface area contributed by atoms with E-state index in [-0.39, 0.29) is 0 Å². The molecule has 1 aliphatic heterocycles. The van der Waals surface area contributed by atoms with Crippen molar-refractivity contribution in [3.8, 4) is 0 Å². The number of ether oxygens (including phenoxy) is 1. The van der Waals surface area contributed by atoms with E-state index < -0.39 is 0 Å². The van der Waals surface area contributed by atoms with Crippen LogP contribution in [0, 0.1) is 5.92 Å². The zero-order valence-electron chi connectivity index (χ0n) is 11.8. The number of hydrogen-bond acceptors (Lipinski definition) is 2. The lowest BCUT2D eigenvalue weighted by molar-refractivity contribution is 0.0519. The van der Waals surface area contributed by atoms with Gasteiger partial charge in [0.2, 0.25) is 0 Å². The molecule has 1 N–H and O–H groups in total. The van der Waals surface area contributed by atoms with E-state index in [4.69, 9.17) is 4.74 Å². The summed E-state index contributed by atoms with van der Waals surface area (Å²) in [6, 6.07) is 12.3. The van der Waals surface area contributed by atoms with Crippen LogP contribution in [-0.2, 0) is 4.74 Å². The van der Waals surface area contributed by atoms with E-state index in [1.807, 2.05) is 0 Å². The van der Waals surface area contributed by atoms with E-state index in [9.17, 15) is 0 Å². The summed E-state index contributed by atoms with van der Waals surface area (Å²) in [5, 5.41) is 3.83. The van der Waals surface area contributed by atoms with Crippen LogP contribution < -0.4 is 5.32 Å². The molecule has 19 heavy (non-hydrogen) atoms. The summed E-state index contributed by atoms with van der Waals surface area (Å²) in [5.41, 5.74) is 1.51. The Morgan fingerprint density at radius 3 is 2.47 bits per heavy atom. The number of hydrogen-bond donors (Lipinski definition) is 1. The van der Waals surface area contributed by atoms with Crippen LogP contribution in [-0.4, -0.2) is 25.3 Å². The summed E-state index contributed by atoms with van der Waals surface area (Å²) in [4.78, 5) is 0.